The van der Waals surface area contributed by atoms with E-state index in [0.29, 0.717) is 6.54 Å². The van der Waals surface area contributed by atoms with Crippen LogP contribution in [0.5, 0.6) is 0 Å². The van der Waals surface area contributed by atoms with Gasteiger partial charge in [-0.15, -0.1) is 0 Å². The number of hydrogen-bond acceptors (Lipinski definition) is 6. The average molecular weight is 301 g/mol. The van der Waals surface area contributed by atoms with Gasteiger partial charge in [0.25, 0.3) is 0 Å². The number of hydrogen-bond donors (Lipinski definition) is 3. The number of Topliss-reactive ketones (excluding diaryl/α,β-unsaturated/α-hetero) is 1. The highest BCUT2D eigenvalue weighted by Gasteiger charge is 2.35. The van der Waals surface area contributed by atoms with E-state index >= 15 is 0 Å². The number of nitrogens with two attached hydrogens (primary N) is 1. The molecule has 1 fully saturated rings. The first-order chi connectivity index (χ1) is 9.61. The molecule has 1 aliphatic rings. The largest absolute Gasteiger partial charge is 0.465 e. The van der Waals surface area contributed by atoms with Crippen LogP contribution < -0.4 is 11.1 Å². The number of rotatable bonds is 4. The average Bonchev–Trinajstić information content (AvgIpc) is 2.35. The van der Waals surface area contributed by atoms with E-state index in [1.54, 1.807) is 20.8 Å². The van der Waals surface area contributed by atoms with Crippen LogP contribution in [0.3, 0.4) is 0 Å². The Labute approximate surface area is 123 Å². The van der Waals surface area contributed by atoms with Crippen molar-refractivity contribution in [2.75, 3.05) is 19.6 Å². The molecule has 1 rings (SSSR count). The van der Waals surface area contributed by atoms with E-state index in [2.05, 4.69) is 5.32 Å². The van der Waals surface area contributed by atoms with Crippen LogP contribution in [-0.2, 0) is 14.3 Å². The van der Waals surface area contributed by atoms with Gasteiger partial charge in [0.2, 0.25) is 0 Å². The van der Waals surface area contributed by atoms with Crippen LogP contribution in [0.25, 0.3) is 0 Å². The van der Waals surface area contributed by atoms with Gasteiger partial charge in [-0.1, -0.05) is 0 Å². The summed E-state index contributed by atoms with van der Waals surface area (Å²) >= 11 is 0. The Kier molecular flexibility index (Phi) is 5.68. The Morgan fingerprint density at radius 3 is 2.57 bits per heavy atom. The molecule has 1 unspecified atom stereocenters. The molecule has 0 aromatic carbocycles. The van der Waals surface area contributed by atoms with Crippen molar-refractivity contribution in [2.24, 2.45) is 5.73 Å². The van der Waals surface area contributed by atoms with Crippen LogP contribution in [0.4, 0.5) is 4.79 Å². The van der Waals surface area contributed by atoms with Crippen molar-refractivity contribution in [3.63, 3.8) is 0 Å². The number of esters is 1. The molecule has 1 heterocycles. The summed E-state index contributed by atoms with van der Waals surface area (Å²) in [6.45, 7) is 6.05. The zero-order chi connectivity index (χ0) is 16.2. The molecule has 0 aromatic rings. The van der Waals surface area contributed by atoms with Gasteiger partial charge in [0, 0.05) is 19.6 Å². The molecule has 21 heavy (non-hydrogen) atoms. The lowest BCUT2D eigenvalue weighted by Gasteiger charge is -2.34. The normalized spacial score (nSPS) is 20.8. The SMILES string of the molecule is CC(C)(C)OC(=O)C[C@H](N)C(=O)C1CNCCN1C(=O)O. The van der Waals surface area contributed by atoms with E-state index in [1.807, 2.05) is 0 Å². The lowest BCUT2D eigenvalue weighted by atomic mass is 10.0. The standard InChI is InChI=1S/C13H23N3O5/c1-13(2,3)21-10(17)6-8(14)11(18)9-7-15-4-5-16(9)12(19)20/h8-9,15H,4-7,14H2,1-3H3,(H,19,20)/t8-,9?/m0/s1. The summed E-state index contributed by atoms with van der Waals surface area (Å²) in [4.78, 5) is 36.1. The van der Waals surface area contributed by atoms with E-state index < -0.39 is 35.5 Å². The van der Waals surface area contributed by atoms with Crippen molar-refractivity contribution >= 4 is 17.8 Å². The van der Waals surface area contributed by atoms with Gasteiger partial charge in [0.15, 0.2) is 5.78 Å². The van der Waals surface area contributed by atoms with E-state index in [-0.39, 0.29) is 19.5 Å². The molecule has 8 heteroatoms. The number of nitrogens with zero attached hydrogens (tertiary/aromatic N) is 1. The second-order valence-corrected chi connectivity index (χ2v) is 6.00. The Morgan fingerprint density at radius 2 is 2.05 bits per heavy atom. The van der Waals surface area contributed by atoms with Gasteiger partial charge in [0.1, 0.15) is 11.6 Å². The number of piperazine rings is 1. The Balaban J connectivity index is 2.64. The molecule has 0 radical (unpaired) electrons. The second kappa shape index (κ2) is 6.86. The molecule has 0 saturated carbocycles. The van der Waals surface area contributed by atoms with Crippen molar-refractivity contribution in [3.8, 4) is 0 Å². The minimum Gasteiger partial charge on any atom is -0.465 e. The van der Waals surface area contributed by atoms with Gasteiger partial charge in [-0.2, -0.15) is 0 Å². The molecule has 8 nitrogen and oxygen atoms in total. The van der Waals surface area contributed by atoms with Crippen LogP contribution in [0.1, 0.15) is 27.2 Å². The van der Waals surface area contributed by atoms with Crippen LogP contribution in [-0.4, -0.2) is 65.2 Å². The lowest BCUT2D eigenvalue weighted by Crippen LogP contribution is -2.60. The van der Waals surface area contributed by atoms with Crippen LogP contribution in [0.15, 0.2) is 0 Å². The maximum absolute atomic E-state index is 12.2. The second-order valence-electron chi connectivity index (χ2n) is 6.00. The highest BCUT2D eigenvalue weighted by atomic mass is 16.6. The van der Waals surface area contributed by atoms with Crippen molar-refractivity contribution in [1.82, 2.24) is 10.2 Å². The number of ether oxygens (including phenoxy) is 1. The molecule has 120 valence electrons. The third kappa shape index (κ3) is 5.31. The number of carboxylic acid groups (broad SMARTS) is 1. The van der Waals surface area contributed by atoms with Gasteiger partial charge < -0.3 is 20.9 Å². The molecule has 1 amide bonds. The summed E-state index contributed by atoms with van der Waals surface area (Å²) in [7, 11) is 0. The summed E-state index contributed by atoms with van der Waals surface area (Å²) < 4.78 is 5.10. The van der Waals surface area contributed by atoms with E-state index in [9.17, 15) is 14.4 Å². The van der Waals surface area contributed by atoms with Crippen LogP contribution >= 0.6 is 0 Å². The fraction of sp³-hybridized carbons (Fsp3) is 0.769. The highest BCUT2D eigenvalue weighted by Crippen LogP contribution is 2.12. The lowest BCUT2D eigenvalue weighted by molar-refractivity contribution is -0.156. The van der Waals surface area contributed by atoms with Gasteiger partial charge in [-0.3, -0.25) is 14.5 Å². The topological polar surface area (TPSA) is 122 Å². The predicted octanol–water partition coefficient (Wildman–Crippen LogP) is -0.434. The van der Waals surface area contributed by atoms with Crippen LogP contribution in [0.2, 0.25) is 0 Å². The molecular weight excluding hydrogens is 278 g/mol. The van der Waals surface area contributed by atoms with Gasteiger partial charge in [0.05, 0.1) is 12.5 Å². The molecule has 2 atom stereocenters. The Hall–Kier alpha value is -1.67. The number of nitrogens with one attached hydrogen (secondary N) is 1. The van der Waals surface area contributed by atoms with E-state index in [4.69, 9.17) is 15.6 Å². The molecule has 0 aromatic heterocycles. The molecule has 0 aliphatic carbocycles. The smallest absolute Gasteiger partial charge is 0.408 e. The number of carbonyl (C=O) groups is 3. The quantitative estimate of drug-likeness (QED) is 0.602. The maximum Gasteiger partial charge on any atom is 0.408 e. The van der Waals surface area contributed by atoms with Gasteiger partial charge in [-0.25, -0.2) is 4.79 Å². The fourth-order valence-corrected chi connectivity index (χ4v) is 2.10. The molecule has 1 aliphatic heterocycles. The zero-order valence-corrected chi connectivity index (χ0v) is 12.6. The van der Waals surface area contributed by atoms with Gasteiger partial charge in [-0.05, 0) is 20.8 Å². The van der Waals surface area contributed by atoms with Crippen molar-refractivity contribution in [3.05, 3.63) is 0 Å². The highest BCUT2D eigenvalue weighted by molar-refractivity contribution is 5.94. The van der Waals surface area contributed by atoms with Gasteiger partial charge >= 0.3 is 12.1 Å². The summed E-state index contributed by atoms with van der Waals surface area (Å²) in [5, 5.41) is 12.0. The minimum atomic E-state index is -1.17. The zero-order valence-electron chi connectivity index (χ0n) is 12.6. The molecule has 4 N–H and O–H groups in total. The van der Waals surface area contributed by atoms with E-state index in [0.717, 1.165) is 4.90 Å². The molecule has 1 saturated heterocycles. The van der Waals surface area contributed by atoms with Crippen molar-refractivity contribution < 1.29 is 24.2 Å². The molecule has 0 spiro atoms. The monoisotopic (exact) mass is 301 g/mol. The summed E-state index contributed by atoms with van der Waals surface area (Å²) in [5.74, 6) is -1.05. The van der Waals surface area contributed by atoms with E-state index in [1.165, 1.54) is 0 Å². The molecular formula is C13H23N3O5. The first kappa shape index (κ1) is 17.4. The third-order valence-electron chi connectivity index (χ3n) is 2.99. The Morgan fingerprint density at radius 1 is 1.43 bits per heavy atom. The predicted molar refractivity (Wildman–Crippen MR) is 74.8 cm³/mol. The minimum absolute atomic E-state index is 0.202. The summed E-state index contributed by atoms with van der Waals surface area (Å²) in [5.41, 5.74) is 5.08. The summed E-state index contributed by atoms with van der Waals surface area (Å²) in [6, 6.07) is -1.94. The van der Waals surface area contributed by atoms with Crippen molar-refractivity contribution in [1.29, 1.82) is 0 Å². The van der Waals surface area contributed by atoms with Crippen LogP contribution in [0, 0.1) is 0 Å². The Bertz CT molecular complexity index is 419. The maximum atomic E-state index is 12.2. The number of amides is 1. The number of carbonyl (C=O) groups excluding carboxylic acids is 2. The first-order valence-electron chi connectivity index (χ1n) is 6.83. The summed E-state index contributed by atoms with van der Waals surface area (Å²) in [6.07, 6.45) is -1.43. The number of ketones is 1. The molecule has 0 bridgehead atoms. The third-order valence-corrected chi connectivity index (χ3v) is 2.99. The fourth-order valence-electron chi connectivity index (χ4n) is 2.10. The van der Waals surface area contributed by atoms with Crippen molar-refractivity contribution in [2.45, 2.75) is 44.9 Å². The first-order valence-corrected chi connectivity index (χ1v) is 6.83.